The third kappa shape index (κ3) is 8.76. The van der Waals surface area contributed by atoms with Crippen molar-refractivity contribution in [3.8, 4) is 0 Å². The van der Waals surface area contributed by atoms with Crippen molar-refractivity contribution in [3.05, 3.63) is 11.6 Å². The SMILES string of the molecule is CC(COCCc1nc(N)nc(N)n1)OCC(C)OCCc1nc(N)nc(N)n1. The Kier molecular flexibility index (Phi) is 8.64. The minimum atomic E-state index is -0.106. The molecule has 13 nitrogen and oxygen atoms in total. The van der Waals surface area contributed by atoms with E-state index in [4.69, 9.17) is 37.1 Å². The number of nitrogen functional groups attached to an aromatic ring is 4. The lowest BCUT2D eigenvalue weighted by Crippen LogP contribution is -2.24. The van der Waals surface area contributed by atoms with Gasteiger partial charge in [-0.1, -0.05) is 0 Å². The van der Waals surface area contributed by atoms with Crippen LogP contribution in [0.4, 0.5) is 23.8 Å². The molecule has 8 N–H and O–H groups in total. The average Bonchev–Trinajstić information content (AvgIpc) is 2.62. The van der Waals surface area contributed by atoms with E-state index in [1.54, 1.807) is 0 Å². The first kappa shape index (κ1) is 22.4. The van der Waals surface area contributed by atoms with Crippen molar-refractivity contribution >= 4 is 23.8 Å². The van der Waals surface area contributed by atoms with Crippen molar-refractivity contribution in [3.63, 3.8) is 0 Å². The highest BCUT2D eigenvalue weighted by Gasteiger charge is 2.09. The number of rotatable bonds is 12. The number of hydrogen-bond donors (Lipinski definition) is 4. The molecule has 2 atom stereocenters. The molecule has 0 fully saturated rings. The Balaban J connectivity index is 1.56. The van der Waals surface area contributed by atoms with E-state index in [2.05, 4.69) is 29.9 Å². The zero-order chi connectivity index (χ0) is 21.2. The second kappa shape index (κ2) is 11.2. The van der Waals surface area contributed by atoms with Gasteiger partial charge in [0.05, 0.1) is 38.6 Å². The molecular weight excluding hydrogens is 380 g/mol. The van der Waals surface area contributed by atoms with Gasteiger partial charge >= 0.3 is 0 Å². The molecule has 2 unspecified atom stereocenters. The Morgan fingerprint density at radius 2 is 1.07 bits per heavy atom. The minimum Gasteiger partial charge on any atom is -0.378 e. The van der Waals surface area contributed by atoms with Gasteiger partial charge in [-0.2, -0.15) is 29.9 Å². The Bertz CT molecular complexity index is 738. The topological polar surface area (TPSA) is 209 Å². The van der Waals surface area contributed by atoms with Gasteiger partial charge in [-0.15, -0.1) is 0 Å². The first-order valence-corrected chi connectivity index (χ1v) is 9.14. The molecule has 0 saturated heterocycles. The summed E-state index contributed by atoms with van der Waals surface area (Å²) in [6.45, 7) is 5.51. The zero-order valence-corrected chi connectivity index (χ0v) is 16.6. The van der Waals surface area contributed by atoms with Crippen LogP contribution in [-0.2, 0) is 27.1 Å². The van der Waals surface area contributed by atoms with Crippen LogP contribution in [0.15, 0.2) is 0 Å². The summed E-state index contributed by atoms with van der Waals surface area (Å²) < 4.78 is 17.0. The van der Waals surface area contributed by atoms with Crippen LogP contribution in [0, 0.1) is 0 Å². The molecule has 0 bridgehead atoms. The van der Waals surface area contributed by atoms with Crippen molar-refractivity contribution in [2.45, 2.75) is 38.9 Å². The van der Waals surface area contributed by atoms with E-state index in [0.29, 0.717) is 50.9 Å². The number of nitrogens with two attached hydrogens (primary N) is 4. The van der Waals surface area contributed by atoms with Gasteiger partial charge in [0.1, 0.15) is 11.6 Å². The monoisotopic (exact) mass is 408 g/mol. The first-order chi connectivity index (χ1) is 13.8. The predicted octanol–water partition coefficient (Wildman–Crippen LogP) is -1.00. The largest absolute Gasteiger partial charge is 0.378 e. The van der Waals surface area contributed by atoms with Crippen LogP contribution in [0.25, 0.3) is 0 Å². The van der Waals surface area contributed by atoms with Crippen LogP contribution in [0.1, 0.15) is 25.5 Å². The summed E-state index contributed by atoms with van der Waals surface area (Å²) in [4.78, 5) is 23.4. The molecule has 0 spiro atoms. The Labute approximate surface area is 168 Å². The molecule has 2 aromatic rings. The van der Waals surface area contributed by atoms with Gasteiger partial charge in [0.25, 0.3) is 0 Å². The fourth-order valence-electron chi connectivity index (χ4n) is 2.30. The maximum absolute atomic E-state index is 5.72. The van der Waals surface area contributed by atoms with Crippen LogP contribution >= 0.6 is 0 Å². The molecule has 0 aliphatic rings. The summed E-state index contributed by atoms with van der Waals surface area (Å²) in [5, 5.41) is 0. The van der Waals surface area contributed by atoms with Gasteiger partial charge < -0.3 is 37.1 Å². The standard InChI is InChI=1S/C16H28N10O3/c1-9(7-27-5-3-11-21-13(17)25-14(18)22-11)29-8-10(2)28-6-4-12-23-15(19)26-16(20)24-12/h9-10H,3-8H2,1-2H3,(H4,17,18,21,22,25)(H4,19,20,23,24,26). The highest BCUT2D eigenvalue weighted by molar-refractivity contribution is 5.26. The molecule has 0 radical (unpaired) electrons. The van der Waals surface area contributed by atoms with E-state index in [0.717, 1.165) is 0 Å². The maximum Gasteiger partial charge on any atom is 0.225 e. The molecule has 0 amide bonds. The normalized spacial score (nSPS) is 13.3. The number of aromatic nitrogens is 6. The summed E-state index contributed by atoms with van der Waals surface area (Å²) in [7, 11) is 0. The van der Waals surface area contributed by atoms with Crippen molar-refractivity contribution in [1.29, 1.82) is 0 Å². The molecule has 13 heteroatoms. The van der Waals surface area contributed by atoms with Gasteiger partial charge in [-0.25, -0.2) is 0 Å². The van der Waals surface area contributed by atoms with Crippen LogP contribution in [-0.4, -0.2) is 68.5 Å². The Morgan fingerprint density at radius 3 is 1.59 bits per heavy atom. The molecule has 0 saturated carbocycles. The highest BCUT2D eigenvalue weighted by atomic mass is 16.6. The van der Waals surface area contributed by atoms with Crippen LogP contribution in [0.2, 0.25) is 0 Å². The van der Waals surface area contributed by atoms with Gasteiger partial charge in [-0.3, -0.25) is 0 Å². The fraction of sp³-hybridized carbons (Fsp3) is 0.625. The molecule has 0 aliphatic carbocycles. The number of anilines is 4. The van der Waals surface area contributed by atoms with Crippen molar-refractivity contribution in [2.24, 2.45) is 0 Å². The molecule has 160 valence electrons. The lowest BCUT2D eigenvalue weighted by Gasteiger charge is -2.17. The van der Waals surface area contributed by atoms with E-state index in [1.165, 1.54) is 0 Å². The van der Waals surface area contributed by atoms with E-state index in [1.807, 2.05) is 13.8 Å². The number of nitrogens with zero attached hydrogens (tertiary/aromatic N) is 6. The lowest BCUT2D eigenvalue weighted by molar-refractivity contribution is -0.0563. The number of ether oxygens (including phenoxy) is 3. The quantitative estimate of drug-likeness (QED) is 0.311. The molecule has 2 aromatic heterocycles. The third-order valence-corrected chi connectivity index (χ3v) is 3.60. The molecule has 29 heavy (non-hydrogen) atoms. The van der Waals surface area contributed by atoms with Gasteiger partial charge in [0.2, 0.25) is 23.8 Å². The second-order valence-corrected chi connectivity index (χ2v) is 6.34. The van der Waals surface area contributed by atoms with E-state index < -0.39 is 0 Å². The predicted molar refractivity (Wildman–Crippen MR) is 106 cm³/mol. The minimum absolute atomic E-state index is 0.0973. The van der Waals surface area contributed by atoms with Gasteiger partial charge in [-0.05, 0) is 13.8 Å². The summed E-state index contributed by atoms with van der Waals surface area (Å²) in [5.41, 5.74) is 22.1. The van der Waals surface area contributed by atoms with Crippen molar-refractivity contribution in [2.75, 3.05) is 49.4 Å². The van der Waals surface area contributed by atoms with Crippen molar-refractivity contribution in [1.82, 2.24) is 29.9 Å². The maximum atomic E-state index is 5.72. The molecule has 0 aromatic carbocycles. The molecule has 2 heterocycles. The fourth-order valence-corrected chi connectivity index (χ4v) is 2.30. The zero-order valence-electron chi connectivity index (χ0n) is 16.6. The Hall–Kier alpha value is -2.90. The van der Waals surface area contributed by atoms with Crippen LogP contribution in [0.3, 0.4) is 0 Å². The van der Waals surface area contributed by atoms with E-state index in [-0.39, 0.29) is 36.0 Å². The first-order valence-electron chi connectivity index (χ1n) is 9.14. The second-order valence-electron chi connectivity index (χ2n) is 6.34. The average molecular weight is 408 g/mol. The summed E-state index contributed by atoms with van der Waals surface area (Å²) in [6, 6.07) is 0. The molecule has 0 aliphatic heterocycles. The van der Waals surface area contributed by atoms with Gasteiger partial charge in [0, 0.05) is 12.8 Å². The molecule has 2 rings (SSSR count). The Morgan fingerprint density at radius 1 is 0.621 bits per heavy atom. The van der Waals surface area contributed by atoms with E-state index >= 15 is 0 Å². The smallest absolute Gasteiger partial charge is 0.225 e. The molecular formula is C16H28N10O3. The lowest BCUT2D eigenvalue weighted by atomic mass is 10.4. The van der Waals surface area contributed by atoms with Crippen LogP contribution < -0.4 is 22.9 Å². The summed E-state index contributed by atoms with van der Waals surface area (Å²) >= 11 is 0. The summed E-state index contributed by atoms with van der Waals surface area (Å²) in [5.74, 6) is 1.38. The highest BCUT2D eigenvalue weighted by Crippen LogP contribution is 2.03. The van der Waals surface area contributed by atoms with Crippen molar-refractivity contribution < 1.29 is 14.2 Å². The third-order valence-electron chi connectivity index (χ3n) is 3.60. The number of hydrogen-bond acceptors (Lipinski definition) is 13. The van der Waals surface area contributed by atoms with Crippen LogP contribution in [0.5, 0.6) is 0 Å². The summed E-state index contributed by atoms with van der Waals surface area (Å²) in [6.07, 6.45) is 0.754. The van der Waals surface area contributed by atoms with E-state index in [9.17, 15) is 0 Å². The van der Waals surface area contributed by atoms with Gasteiger partial charge in [0.15, 0.2) is 0 Å².